The molecular formula is C13H13ClKN5O4. The summed E-state index contributed by atoms with van der Waals surface area (Å²) >= 11 is 6.04. The fourth-order valence-electron chi connectivity index (χ4n) is 2.23. The Bertz CT molecular complexity index is 835. The van der Waals surface area contributed by atoms with Gasteiger partial charge in [-0.25, -0.2) is 9.78 Å². The monoisotopic (exact) mass is 377 g/mol. The molecule has 3 heterocycles. The molecule has 9 nitrogen and oxygen atoms in total. The van der Waals surface area contributed by atoms with Crippen LogP contribution >= 0.6 is 11.6 Å². The number of anilines is 1. The molecule has 0 radical (unpaired) electrons. The SMILES string of the molecule is CC1(C)OC(=O)C(CCn2cnc3nc(N)nc(Cl)c32)=C([O-])O1.[K+]. The molecule has 3 rings (SSSR count). The van der Waals surface area contributed by atoms with Crippen molar-refractivity contribution in [3.05, 3.63) is 23.0 Å². The number of carbonyl (C=O) groups excluding carboxylic acids is 1. The summed E-state index contributed by atoms with van der Waals surface area (Å²) in [5.74, 6) is -2.62. The number of nitrogen functional groups attached to an aromatic ring is 1. The van der Waals surface area contributed by atoms with E-state index in [2.05, 4.69) is 15.0 Å². The number of aryl methyl sites for hydroxylation is 1. The minimum absolute atomic E-state index is 0. The average Bonchev–Trinajstić information content (AvgIpc) is 2.79. The Morgan fingerprint density at radius 2 is 2.08 bits per heavy atom. The Labute approximate surface area is 184 Å². The minimum atomic E-state index is -1.26. The van der Waals surface area contributed by atoms with Gasteiger partial charge in [-0.15, -0.1) is 0 Å². The molecule has 0 saturated carbocycles. The molecule has 1 aliphatic rings. The summed E-state index contributed by atoms with van der Waals surface area (Å²) in [4.78, 5) is 23.8. The largest absolute Gasteiger partial charge is 1.00 e. The first-order chi connectivity index (χ1) is 10.8. The van der Waals surface area contributed by atoms with E-state index in [-0.39, 0.29) is 81.0 Å². The van der Waals surface area contributed by atoms with Crippen LogP contribution in [0.1, 0.15) is 20.3 Å². The number of ether oxygens (including phenoxy) is 2. The van der Waals surface area contributed by atoms with Crippen LogP contribution in [-0.4, -0.2) is 31.3 Å². The Kier molecular flexibility index (Phi) is 5.77. The third-order valence-electron chi connectivity index (χ3n) is 3.22. The molecule has 1 aliphatic heterocycles. The summed E-state index contributed by atoms with van der Waals surface area (Å²) in [5, 5.41) is 12.0. The van der Waals surface area contributed by atoms with Crippen LogP contribution in [0.25, 0.3) is 11.2 Å². The normalized spacial score (nSPS) is 16.5. The van der Waals surface area contributed by atoms with E-state index in [4.69, 9.17) is 26.8 Å². The molecule has 24 heavy (non-hydrogen) atoms. The number of halogens is 1. The number of esters is 1. The molecule has 0 amide bonds. The van der Waals surface area contributed by atoms with Crippen LogP contribution < -0.4 is 62.2 Å². The molecule has 0 aliphatic carbocycles. The maximum atomic E-state index is 11.9. The van der Waals surface area contributed by atoms with Crippen molar-refractivity contribution < 1.29 is 70.8 Å². The first kappa shape index (κ1) is 19.4. The quantitative estimate of drug-likeness (QED) is 0.348. The second-order valence-electron chi connectivity index (χ2n) is 5.39. The van der Waals surface area contributed by atoms with Gasteiger partial charge in [0.15, 0.2) is 16.6 Å². The Morgan fingerprint density at radius 3 is 2.75 bits per heavy atom. The van der Waals surface area contributed by atoms with Gasteiger partial charge in [-0.2, -0.15) is 9.97 Å². The number of hydrogen-bond acceptors (Lipinski definition) is 8. The molecule has 0 saturated heterocycles. The molecule has 0 atom stereocenters. The van der Waals surface area contributed by atoms with E-state index >= 15 is 0 Å². The van der Waals surface area contributed by atoms with Crippen LogP contribution in [0.4, 0.5) is 5.95 Å². The number of fused-ring (bicyclic) bond motifs is 1. The number of cyclic esters (lactones) is 1. The fraction of sp³-hybridized carbons (Fsp3) is 0.385. The molecule has 0 aromatic carbocycles. The zero-order valence-electron chi connectivity index (χ0n) is 13.4. The van der Waals surface area contributed by atoms with E-state index in [1.54, 1.807) is 4.57 Å². The smallest absolute Gasteiger partial charge is 0.575 e. The van der Waals surface area contributed by atoms with Crippen molar-refractivity contribution in [2.45, 2.75) is 32.6 Å². The van der Waals surface area contributed by atoms with Crippen molar-refractivity contribution in [3.63, 3.8) is 0 Å². The number of rotatable bonds is 3. The molecule has 2 N–H and O–H groups in total. The first-order valence-electron chi connectivity index (χ1n) is 6.73. The van der Waals surface area contributed by atoms with Crippen molar-refractivity contribution in [2.24, 2.45) is 0 Å². The summed E-state index contributed by atoms with van der Waals surface area (Å²) in [5.41, 5.74) is 6.24. The molecule has 0 bridgehead atoms. The second-order valence-corrected chi connectivity index (χ2v) is 5.75. The number of hydrogen-bond donors (Lipinski definition) is 1. The van der Waals surface area contributed by atoms with Crippen molar-refractivity contribution in [3.8, 4) is 0 Å². The van der Waals surface area contributed by atoms with Crippen molar-refractivity contribution >= 4 is 34.7 Å². The Morgan fingerprint density at radius 1 is 1.38 bits per heavy atom. The van der Waals surface area contributed by atoms with Gasteiger partial charge in [0.05, 0.1) is 17.8 Å². The number of carbonyl (C=O) groups is 1. The van der Waals surface area contributed by atoms with Crippen molar-refractivity contribution in [2.75, 3.05) is 5.73 Å². The maximum absolute atomic E-state index is 11.9. The van der Waals surface area contributed by atoms with Gasteiger partial charge in [0.25, 0.3) is 0 Å². The van der Waals surface area contributed by atoms with Crippen LogP contribution in [0.2, 0.25) is 5.15 Å². The summed E-state index contributed by atoms with van der Waals surface area (Å²) in [6, 6.07) is 0. The summed E-state index contributed by atoms with van der Waals surface area (Å²) < 4.78 is 11.7. The van der Waals surface area contributed by atoms with Gasteiger partial charge in [-0.3, -0.25) is 0 Å². The zero-order chi connectivity index (χ0) is 16.8. The first-order valence-corrected chi connectivity index (χ1v) is 7.11. The van der Waals surface area contributed by atoms with Gasteiger partial charge >= 0.3 is 57.4 Å². The van der Waals surface area contributed by atoms with Gasteiger partial charge in [-0.1, -0.05) is 11.6 Å². The van der Waals surface area contributed by atoms with E-state index in [1.165, 1.54) is 20.2 Å². The second kappa shape index (κ2) is 7.14. The van der Waals surface area contributed by atoms with E-state index in [9.17, 15) is 9.90 Å². The number of nitrogens with two attached hydrogens (primary N) is 1. The Balaban J connectivity index is 0.00000208. The summed E-state index contributed by atoms with van der Waals surface area (Å²) in [7, 11) is 0. The van der Waals surface area contributed by atoms with Gasteiger partial charge in [-0.05, 0) is 20.3 Å². The van der Waals surface area contributed by atoms with Gasteiger partial charge in [0, 0.05) is 6.54 Å². The third kappa shape index (κ3) is 3.84. The van der Waals surface area contributed by atoms with Crippen molar-refractivity contribution in [1.29, 1.82) is 0 Å². The molecule has 2 aromatic rings. The molecule has 0 fully saturated rings. The van der Waals surface area contributed by atoms with Crippen LogP contribution in [0, 0.1) is 0 Å². The van der Waals surface area contributed by atoms with Crippen molar-refractivity contribution in [1.82, 2.24) is 19.5 Å². The zero-order valence-corrected chi connectivity index (χ0v) is 17.2. The molecule has 2 aromatic heterocycles. The Hall–Kier alpha value is -0.914. The summed E-state index contributed by atoms with van der Waals surface area (Å²) in [6.45, 7) is 3.23. The topological polar surface area (TPSA) is 128 Å². The van der Waals surface area contributed by atoms with Crippen LogP contribution in [-0.2, 0) is 20.8 Å². The van der Waals surface area contributed by atoms with Crippen LogP contribution in [0.5, 0.6) is 0 Å². The molecule has 11 heteroatoms. The number of imidazole rings is 1. The summed E-state index contributed by atoms with van der Waals surface area (Å²) in [6.07, 6.45) is 1.58. The van der Waals surface area contributed by atoms with Crippen LogP contribution in [0.3, 0.4) is 0 Å². The van der Waals surface area contributed by atoms with Gasteiger partial charge in [0.2, 0.25) is 5.95 Å². The standard InChI is InChI=1S/C13H14ClN5O4.K/c1-13(2)22-10(20)6(11(21)23-13)3-4-19-5-16-9-7(19)8(14)17-12(15)18-9;/h5,20H,3-4H2,1-2H3,(H2,15,17,18);/q;+1/p-1. The predicted molar refractivity (Wildman–Crippen MR) is 77.6 cm³/mol. The van der Waals surface area contributed by atoms with Gasteiger partial charge < -0.3 is 24.9 Å². The molecule has 0 unspecified atom stereocenters. The minimum Gasteiger partial charge on any atom is -0.575 e. The number of aromatic nitrogens is 4. The molecular weight excluding hydrogens is 365 g/mol. The third-order valence-corrected chi connectivity index (χ3v) is 3.48. The maximum Gasteiger partial charge on any atom is 1.00 e. The van der Waals surface area contributed by atoms with E-state index in [0.29, 0.717) is 11.2 Å². The molecule has 0 spiro atoms. The number of nitrogens with zero attached hydrogens (tertiary/aromatic N) is 4. The molecule has 122 valence electrons. The fourth-order valence-corrected chi connectivity index (χ4v) is 2.51. The van der Waals surface area contributed by atoms with E-state index in [0.717, 1.165) is 0 Å². The van der Waals surface area contributed by atoms with Crippen LogP contribution in [0.15, 0.2) is 17.8 Å². The predicted octanol–water partition coefficient (Wildman–Crippen LogP) is -2.66. The average molecular weight is 378 g/mol. The van der Waals surface area contributed by atoms with Gasteiger partial charge in [0.1, 0.15) is 5.52 Å². The van der Waals surface area contributed by atoms with E-state index in [1.807, 2.05) is 0 Å². The van der Waals surface area contributed by atoms with E-state index < -0.39 is 17.7 Å².